The number of hydrogen-bond acceptors (Lipinski definition) is 2. The minimum absolute atomic E-state index is 0.341. The molecule has 0 saturated carbocycles. The van der Waals surface area contributed by atoms with Crippen molar-refractivity contribution in [1.29, 1.82) is 0 Å². The van der Waals surface area contributed by atoms with Gasteiger partial charge in [0.05, 0.1) is 0 Å². The van der Waals surface area contributed by atoms with E-state index in [4.69, 9.17) is 0 Å². The maximum absolute atomic E-state index is 4.20. The molecule has 0 bridgehead atoms. The topological polar surface area (TPSA) is 40.7 Å². The van der Waals surface area contributed by atoms with Crippen molar-refractivity contribution in [2.75, 3.05) is 0 Å². The fraction of sp³-hybridized carbons (Fsp3) is 0.400. The van der Waals surface area contributed by atoms with E-state index in [1.54, 1.807) is 0 Å². The molecular formula is C15H21N3. The predicted octanol–water partition coefficient (Wildman–Crippen LogP) is 3.19. The fourth-order valence-electron chi connectivity index (χ4n) is 2.16. The molecule has 3 heteroatoms. The molecule has 0 radical (unpaired) electrons. The molecule has 0 saturated heterocycles. The molecular weight excluding hydrogens is 222 g/mol. The first-order valence-electron chi connectivity index (χ1n) is 6.37. The fourth-order valence-corrected chi connectivity index (χ4v) is 2.16. The molecule has 2 aromatic rings. The van der Waals surface area contributed by atoms with Crippen molar-refractivity contribution in [1.82, 2.24) is 15.3 Å². The van der Waals surface area contributed by atoms with Gasteiger partial charge in [-0.3, -0.25) is 0 Å². The molecule has 18 heavy (non-hydrogen) atoms. The van der Waals surface area contributed by atoms with Gasteiger partial charge in [0.25, 0.3) is 0 Å². The van der Waals surface area contributed by atoms with Crippen molar-refractivity contribution in [2.45, 2.75) is 40.3 Å². The first kappa shape index (κ1) is 12.8. The number of benzene rings is 1. The summed E-state index contributed by atoms with van der Waals surface area (Å²) >= 11 is 0. The zero-order valence-electron chi connectivity index (χ0n) is 11.5. The summed E-state index contributed by atoms with van der Waals surface area (Å²) in [6.07, 6.45) is 1.89. The number of nitrogens with zero attached hydrogens (tertiary/aromatic N) is 1. The number of rotatable bonds is 4. The molecule has 1 aromatic heterocycles. The third-order valence-corrected chi connectivity index (χ3v) is 3.26. The summed E-state index contributed by atoms with van der Waals surface area (Å²) in [5, 5.41) is 3.53. The molecule has 0 aliphatic rings. The third kappa shape index (κ3) is 2.99. The van der Waals surface area contributed by atoms with Crippen LogP contribution in [0.25, 0.3) is 0 Å². The van der Waals surface area contributed by atoms with Crippen molar-refractivity contribution in [3.63, 3.8) is 0 Å². The van der Waals surface area contributed by atoms with Crippen LogP contribution in [0.2, 0.25) is 0 Å². The Kier molecular flexibility index (Phi) is 3.82. The minimum Gasteiger partial charge on any atom is -0.345 e. The first-order valence-corrected chi connectivity index (χ1v) is 6.37. The lowest BCUT2D eigenvalue weighted by Gasteiger charge is -2.16. The molecule has 96 valence electrons. The van der Waals surface area contributed by atoms with Crippen molar-refractivity contribution in [3.8, 4) is 0 Å². The Morgan fingerprint density at radius 2 is 2.06 bits per heavy atom. The van der Waals surface area contributed by atoms with Crippen molar-refractivity contribution >= 4 is 0 Å². The van der Waals surface area contributed by atoms with Gasteiger partial charge in [0.15, 0.2) is 0 Å². The number of H-pyrrole nitrogens is 1. The summed E-state index contributed by atoms with van der Waals surface area (Å²) in [5.74, 6) is 0.964. The van der Waals surface area contributed by atoms with Gasteiger partial charge in [-0.25, -0.2) is 4.98 Å². The number of imidazole rings is 1. The lowest BCUT2D eigenvalue weighted by atomic mass is 10.00. The van der Waals surface area contributed by atoms with E-state index in [1.165, 1.54) is 16.7 Å². The second kappa shape index (κ2) is 5.36. The zero-order chi connectivity index (χ0) is 13.1. The summed E-state index contributed by atoms with van der Waals surface area (Å²) in [6.45, 7) is 9.28. The van der Waals surface area contributed by atoms with Gasteiger partial charge in [0, 0.05) is 24.5 Å². The number of aromatic amines is 1. The van der Waals surface area contributed by atoms with E-state index in [0.717, 1.165) is 18.1 Å². The number of aryl methyl sites for hydroxylation is 3. The molecule has 3 nitrogen and oxygen atoms in total. The van der Waals surface area contributed by atoms with Crippen LogP contribution in [0.3, 0.4) is 0 Å². The standard InChI is InChI=1S/C15H21N3/c1-10-5-6-11(2)15(7-10)12(3)16-8-14-9-17-13(4)18-14/h5-7,9,12,16H,8H2,1-4H3,(H,17,18). The SMILES string of the molecule is Cc1ccc(C)c(C(C)NCc2cnc(C)[nH]2)c1. The lowest BCUT2D eigenvalue weighted by molar-refractivity contribution is 0.566. The van der Waals surface area contributed by atoms with Crippen molar-refractivity contribution in [3.05, 3.63) is 52.6 Å². The molecule has 1 aromatic carbocycles. The van der Waals surface area contributed by atoms with Crippen molar-refractivity contribution in [2.24, 2.45) is 0 Å². The quantitative estimate of drug-likeness (QED) is 0.866. The van der Waals surface area contributed by atoms with E-state index in [9.17, 15) is 0 Å². The highest BCUT2D eigenvalue weighted by Crippen LogP contribution is 2.19. The van der Waals surface area contributed by atoms with Crippen LogP contribution >= 0.6 is 0 Å². The van der Waals surface area contributed by atoms with Crippen LogP contribution in [0, 0.1) is 20.8 Å². The van der Waals surface area contributed by atoms with E-state index in [2.05, 4.69) is 54.3 Å². The van der Waals surface area contributed by atoms with Crippen LogP contribution in [0.1, 0.15) is 41.2 Å². The van der Waals surface area contributed by atoms with Crippen LogP contribution in [-0.2, 0) is 6.54 Å². The molecule has 1 atom stereocenters. The molecule has 0 amide bonds. The van der Waals surface area contributed by atoms with E-state index in [-0.39, 0.29) is 0 Å². The van der Waals surface area contributed by atoms with Gasteiger partial charge in [0.1, 0.15) is 5.82 Å². The van der Waals surface area contributed by atoms with Crippen LogP contribution in [-0.4, -0.2) is 9.97 Å². The Balaban J connectivity index is 2.03. The second-order valence-corrected chi connectivity index (χ2v) is 4.96. The predicted molar refractivity (Wildman–Crippen MR) is 74.5 cm³/mol. The number of aromatic nitrogens is 2. The van der Waals surface area contributed by atoms with Crippen LogP contribution in [0.5, 0.6) is 0 Å². The maximum atomic E-state index is 4.20. The summed E-state index contributed by atoms with van der Waals surface area (Å²) in [4.78, 5) is 7.44. The molecule has 1 unspecified atom stereocenters. The Morgan fingerprint density at radius 3 is 2.72 bits per heavy atom. The molecule has 2 rings (SSSR count). The largest absolute Gasteiger partial charge is 0.345 e. The summed E-state index contributed by atoms with van der Waals surface area (Å²) in [7, 11) is 0. The van der Waals surface area contributed by atoms with Crippen LogP contribution in [0.4, 0.5) is 0 Å². The third-order valence-electron chi connectivity index (χ3n) is 3.26. The van der Waals surface area contributed by atoms with Gasteiger partial charge >= 0.3 is 0 Å². The van der Waals surface area contributed by atoms with Gasteiger partial charge in [-0.1, -0.05) is 23.8 Å². The Morgan fingerprint density at radius 1 is 1.28 bits per heavy atom. The highest BCUT2D eigenvalue weighted by Gasteiger charge is 2.08. The lowest BCUT2D eigenvalue weighted by Crippen LogP contribution is -2.19. The van der Waals surface area contributed by atoms with Gasteiger partial charge in [-0.15, -0.1) is 0 Å². The molecule has 0 fully saturated rings. The van der Waals surface area contributed by atoms with E-state index >= 15 is 0 Å². The molecule has 0 aliphatic carbocycles. The van der Waals surface area contributed by atoms with Crippen LogP contribution < -0.4 is 5.32 Å². The average Bonchev–Trinajstić information content (AvgIpc) is 2.75. The van der Waals surface area contributed by atoms with Gasteiger partial charge in [-0.05, 0) is 38.8 Å². The summed E-state index contributed by atoms with van der Waals surface area (Å²) in [6, 6.07) is 6.94. The molecule has 1 heterocycles. The van der Waals surface area contributed by atoms with Gasteiger partial charge < -0.3 is 10.3 Å². The minimum atomic E-state index is 0.341. The highest BCUT2D eigenvalue weighted by atomic mass is 15.0. The highest BCUT2D eigenvalue weighted by molar-refractivity contribution is 5.32. The Labute approximate surface area is 109 Å². The van der Waals surface area contributed by atoms with Crippen LogP contribution in [0.15, 0.2) is 24.4 Å². The molecule has 0 aliphatic heterocycles. The van der Waals surface area contributed by atoms with E-state index in [1.807, 2.05) is 13.1 Å². The second-order valence-electron chi connectivity index (χ2n) is 4.96. The normalized spacial score (nSPS) is 12.7. The van der Waals surface area contributed by atoms with E-state index < -0.39 is 0 Å². The first-order chi connectivity index (χ1) is 8.56. The molecule has 0 spiro atoms. The molecule has 2 N–H and O–H groups in total. The number of nitrogens with one attached hydrogen (secondary N) is 2. The average molecular weight is 243 g/mol. The smallest absolute Gasteiger partial charge is 0.103 e. The summed E-state index contributed by atoms with van der Waals surface area (Å²) < 4.78 is 0. The summed E-state index contributed by atoms with van der Waals surface area (Å²) in [5.41, 5.74) is 5.14. The van der Waals surface area contributed by atoms with Crippen molar-refractivity contribution < 1.29 is 0 Å². The number of hydrogen-bond donors (Lipinski definition) is 2. The zero-order valence-corrected chi connectivity index (χ0v) is 11.5. The van der Waals surface area contributed by atoms with Gasteiger partial charge in [-0.2, -0.15) is 0 Å². The van der Waals surface area contributed by atoms with Gasteiger partial charge in [0.2, 0.25) is 0 Å². The maximum Gasteiger partial charge on any atom is 0.103 e. The van der Waals surface area contributed by atoms with E-state index in [0.29, 0.717) is 6.04 Å². The Hall–Kier alpha value is -1.61. The monoisotopic (exact) mass is 243 g/mol. The Bertz CT molecular complexity index is 528.